The molecule has 2 amide bonds. The van der Waals surface area contributed by atoms with Crippen LogP contribution in [0.4, 0.5) is 17.6 Å². The summed E-state index contributed by atoms with van der Waals surface area (Å²) in [5, 5.41) is 7.15. The van der Waals surface area contributed by atoms with Crippen molar-refractivity contribution in [1.82, 2.24) is 24.6 Å². The van der Waals surface area contributed by atoms with Crippen molar-refractivity contribution in [3.8, 4) is 11.1 Å². The van der Waals surface area contributed by atoms with E-state index in [-0.39, 0.29) is 18.4 Å². The van der Waals surface area contributed by atoms with Gasteiger partial charge in [0, 0.05) is 68.7 Å². The second kappa shape index (κ2) is 13.2. The Morgan fingerprint density at radius 1 is 1.09 bits per heavy atom. The summed E-state index contributed by atoms with van der Waals surface area (Å²) in [5.41, 5.74) is 4.06. The number of nitrogens with one attached hydrogen (secondary N) is 1. The van der Waals surface area contributed by atoms with Crippen molar-refractivity contribution in [2.24, 2.45) is 0 Å². The average Bonchev–Trinajstić information content (AvgIpc) is 3.64. The Balaban J connectivity index is 1.37. The smallest absolute Gasteiger partial charge is 0.383 e. The summed E-state index contributed by atoms with van der Waals surface area (Å²) in [6.07, 6.45) is 2.60. The molecule has 3 heterocycles. The highest BCUT2D eigenvalue weighted by Crippen LogP contribution is 2.36. The van der Waals surface area contributed by atoms with Crippen molar-refractivity contribution < 1.29 is 31.9 Å². The van der Waals surface area contributed by atoms with Crippen molar-refractivity contribution in [2.45, 2.75) is 57.9 Å². The summed E-state index contributed by atoms with van der Waals surface area (Å²) in [6.45, 7) is 4.33. The number of hydrogen-bond donors (Lipinski definition) is 1. The number of aromatic nitrogens is 3. The molecule has 2 aromatic carbocycles. The van der Waals surface area contributed by atoms with E-state index >= 15 is 0 Å². The van der Waals surface area contributed by atoms with E-state index in [2.05, 4.69) is 12.0 Å². The van der Waals surface area contributed by atoms with E-state index in [0.717, 1.165) is 35.0 Å². The van der Waals surface area contributed by atoms with Gasteiger partial charge in [0.15, 0.2) is 0 Å². The highest BCUT2D eigenvalue weighted by Gasteiger charge is 2.38. The van der Waals surface area contributed by atoms with E-state index in [1.54, 1.807) is 12.0 Å². The predicted octanol–water partition coefficient (Wildman–Crippen LogP) is 5.90. The molecule has 234 valence electrons. The number of amides is 2. The quantitative estimate of drug-likeness (QED) is 0.226. The Morgan fingerprint density at radius 2 is 1.86 bits per heavy atom. The molecule has 1 fully saturated rings. The molecule has 1 aliphatic heterocycles. The largest absolute Gasteiger partial charge is 0.471 e. The fourth-order valence-corrected chi connectivity index (χ4v) is 5.85. The Kier molecular flexibility index (Phi) is 9.38. The van der Waals surface area contributed by atoms with Crippen molar-refractivity contribution >= 4 is 22.7 Å². The van der Waals surface area contributed by atoms with Gasteiger partial charge in [0.05, 0.1) is 18.4 Å². The van der Waals surface area contributed by atoms with Gasteiger partial charge in [0.2, 0.25) is 0 Å². The van der Waals surface area contributed by atoms with E-state index in [4.69, 9.17) is 4.74 Å². The number of carbonyl (C=O) groups excluding carboxylic acids is 2. The van der Waals surface area contributed by atoms with Gasteiger partial charge < -0.3 is 19.5 Å². The maximum absolute atomic E-state index is 14.8. The first-order valence-electron chi connectivity index (χ1n) is 14.7. The maximum Gasteiger partial charge on any atom is 0.471 e. The molecule has 1 aliphatic rings. The minimum Gasteiger partial charge on any atom is -0.383 e. The lowest BCUT2D eigenvalue weighted by Crippen LogP contribution is -2.38. The second-order valence-electron chi connectivity index (χ2n) is 11.0. The number of halogens is 4. The van der Waals surface area contributed by atoms with E-state index < -0.39 is 17.9 Å². The molecule has 5 rings (SSSR count). The van der Waals surface area contributed by atoms with Crippen LogP contribution in [0.15, 0.2) is 55.0 Å². The monoisotopic (exact) mass is 613 g/mol. The molecule has 12 heteroatoms. The van der Waals surface area contributed by atoms with Gasteiger partial charge in [-0.1, -0.05) is 31.2 Å². The molecule has 0 aliphatic carbocycles. The van der Waals surface area contributed by atoms with E-state index in [1.165, 1.54) is 18.2 Å². The van der Waals surface area contributed by atoms with Gasteiger partial charge in [0.25, 0.3) is 5.91 Å². The van der Waals surface area contributed by atoms with Gasteiger partial charge in [-0.3, -0.25) is 14.3 Å². The number of aryl methyl sites for hydroxylation is 1. The number of nitrogens with zero attached hydrogens (tertiary/aromatic N) is 4. The van der Waals surface area contributed by atoms with Crippen LogP contribution in [0.25, 0.3) is 22.0 Å². The second-order valence-corrected chi connectivity index (χ2v) is 11.0. The number of carbonyl (C=O) groups is 2. The normalized spacial score (nSPS) is 14.4. The van der Waals surface area contributed by atoms with Crippen LogP contribution in [0.2, 0.25) is 0 Å². The standard InChI is InChI=1S/C32H35F4N5O3/c1-3-11-41-19-23(18-38-41)24-5-4-6-28-29(24)26(20-40(28)14-15-44-2)30(42)39-12-9-22(10-13-39)25-16-21(7-8-27(25)33)17-37-31(43)32(34,35)36/h4-8,16,18-20,22H,3,9-15,17H2,1-2H3,(H,37,43). The van der Waals surface area contributed by atoms with Crippen LogP contribution in [-0.4, -0.2) is 64.0 Å². The summed E-state index contributed by atoms with van der Waals surface area (Å²) in [5.74, 6) is -2.85. The molecule has 0 radical (unpaired) electrons. The minimum absolute atomic E-state index is 0.123. The molecular weight excluding hydrogens is 578 g/mol. The van der Waals surface area contributed by atoms with Crippen molar-refractivity contribution in [1.29, 1.82) is 0 Å². The first-order valence-corrected chi connectivity index (χ1v) is 14.7. The zero-order valence-corrected chi connectivity index (χ0v) is 24.7. The van der Waals surface area contributed by atoms with Crippen molar-refractivity contribution in [3.63, 3.8) is 0 Å². The minimum atomic E-state index is -4.99. The van der Waals surface area contributed by atoms with Crippen molar-refractivity contribution in [2.75, 3.05) is 26.8 Å². The Bertz CT molecular complexity index is 1640. The van der Waals surface area contributed by atoms with Gasteiger partial charge in [-0.05, 0) is 54.0 Å². The third kappa shape index (κ3) is 6.64. The van der Waals surface area contributed by atoms with Gasteiger partial charge in [-0.2, -0.15) is 18.3 Å². The van der Waals surface area contributed by atoms with Gasteiger partial charge in [-0.25, -0.2) is 4.39 Å². The molecule has 44 heavy (non-hydrogen) atoms. The molecule has 0 bridgehead atoms. The molecule has 4 aromatic rings. The number of likely N-dealkylation sites (tertiary alicyclic amines) is 1. The Morgan fingerprint density at radius 3 is 2.57 bits per heavy atom. The molecule has 8 nitrogen and oxygen atoms in total. The molecule has 1 N–H and O–H groups in total. The summed E-state index contributed by atoms with van der Waals surface area (Å²) < 4.78 is 61.8. The number of hydrogen-bond acceptors (Lipinski definition) is 4. The topological polar surface area (TPSA) is 81.4 Å². The summed E-state index contributed by atoms with van der Waals surface area (Å²) in [6, 6.07) is 10.0. The first-order chi connectivity index (χ1) is 21.1. The van der Waals surface area contributed by atoms with Crippen LogP contribution >= 0.6 is 0 Å². The molecule has 0 saturated carbocycles. The van der Waals surface area contributed by atoms with Crippen LogP contribution < -0.4 is 5.32 Å². The zero-order chi connectivity index (χ0) is 31.4. The lowest BCUT2D eigenvalue weighted by atomic mass is 9.88. The van der Waals surface area contributed by atoms with E-state index in [1.807, 2.05) is 51.4 Å². The van der Waals surface area contributed by atoms with Crippen LogP contribution in [0, 0.1) is 5.82 Å². The number of rotatable bonds is 10. The van der Waals surface area contributed by atoms with Crippen LogP contribution in [0.3, 0.4) is 0 Å². The van der Waals surface area contributed by atoms with Crippen LogP contribution in [0.1, 0.15) is 53.6 Å². The number of benzene rings is 2. The van der Waals surface area contributed by atoms with E-state index in [0.29, 0.717) is 55.8 Å². The Labute approximate surface area is 252 Å². The van der Waals surface area contributed by atoms with Crippen molar-refractivity contribution in [3.05, 3.63) is 77.5 Å². The average molecular weight is 614 g/mol. The van der Waals surface area contributed by atoms with E-state index in [9.17, 15) is 27.2 Å². The molecule has 0 atom stereocenters. The molecule has 2 aromatic heterocycles. The third-order valence-corrected chi connectivity index (χ3v) is 8.06. The fraction of sp³-hybridized carbons (Fsp3) is 0.406. The zero-order valence-electron chi connectivity index (χ0n) is 24.7. The molecular formula is C32H35F4N5O3. The number of piperidine rings is 1. The summed E-state index contributed by atoms with van der Waals surface area (Å²) >= 11 is 0. The highest BCUT2D eigenvalue weighted by molar-refractivity contribution is 6.12. The predicted molar refractivity (Wildman–Crippen MR) is 158 cm³/mol. The number of ether oxygens (including phenoxy) is 1. The lowest BCUT2D eigenvalue weighted by Gasteiger charge is -2.32. The third-order valence-electron chi connectivity index (χ3n) is 8.06. The number of fused-ring (bicyclic) bond motifs is 1. The molecule has 1 saturated heterocycles. The van der Waals surface area contributed by atoms with Gasteiger partial charge >= 0.3 is 12.1 Å². The first kappa shape index (κ1) is 31.2. The van der Waals surface area contributed by atoms with Crippen LogP contribution in [0.5, 0.6) is 0 Å². The SMILES string of the molecule is CCCn1cc(-c2cccc3c2c(C(=O)N2CCC(c4cc(CNC(=O)C(F)(F)F)ccc4F)CC2)cn3CCOC)cn1. The Hall–Kier alpha value is -4.19. The van der Waals surface area contributed by atoms with Crippen LogP contribution in [-0.2, 0) is 29.2 Å². The number of alkyl halides is 3. The van der Waals surface area contributed by atoms with Gasteiger partial charge in [-0.15, -0.1) is 0 Å². The summed E-state index contributed by atoms with van der Waals surface area (Å²) in [4.78, 5) is 27.0. The maximum atomic E-state index is 14.8. The highest BCUT2D eigenvalue weighted by atomic mass is 19.4. The van der Waals surface area contributed by atoms with Gasteiger partial charge in [0.1, 0.15) is 5.82 Å². The lowest BCUT2D eigenvalue weighted by molar-refractivity contribution is -0.173. The summed E-state index contributed by atoms with van der Waals surface area (Å²) in [7, 11) is 1.63. The molecule has 0 unspecified atom stereocenters. The number of methoxy groups -OCH3 is 1. The molecule has 0 spiro atoms. The fourth-order valence-electron chi connectivity index (χ4n) is 5.85.